The smallest absolute Gasteiger partial charge is 0.216 e. The van der Waals surface area contributed by atoms with E-state index in [9.17, 15) is 5.11 Å². The average Bonchev–Trinajstić information content (AvgIpc) is 3.18. The third-order valence-electron chi connectivity index (χ3n) is 5.08. The van der Waals surface area contributed by atoms with Crippen LogP contribution < -0.4 is 21.5 Å². The number of aromatic nitrogens is 2. The highest BCUT2D eigenvalue weighted by Gasteiger charge is 2.26. The van der Waals surface area contributed by atoms with Crippen molar-refractivity contribution in [3.63, 3.8) is 0 Å². The van der Waals surface area contributed by atoms with Crippen molar-refractivity contribution in [2.75, 3.05) is 20.2 Å². The van der Waals surface area contributed by atoms with E-state index in [1.165, 1.54) is 6.33 Å². The molecule has 2 aromatic rings. The van der Waals surface area contributed by atoms with Gasteiger partial charge in [-0.05, 0) is 51.5 Å². The fourth-order valence-corrected chi connectivity index (χ4v) is 3.64. The fourth-order valence-electron chi connectivity index (χ4n) is 3.64. The van der Waals surface area contributed by atoms with Crippen molar-refractivity contribution in [2.45, 2.75) is 38.8 Å². The zero-order valence-electron chi connectivity index (χ0n) is 18.6. The lowest BCUT2D eigenvalue weighted by atomic mass is 10.1. The predicted molar refractivity (Wildman–Crippen MR) is 123 cm³/mol. The molecule has 0 spiro atoms. The SMILES string of the molecule is COc1cc(-c2ccc(/C(N)=C/C=C(\N)N3CC[C@H](NC(C)(C)C)C3)c(O)c2)ncn1. The Morgan fingerprint density at radius 3 is 2.68 bits per heavy atom. The van der Waals surface area contributed by atoms with Gasteiger partial charge in [0.2, 0.25) is 5.88 Å². The summed E-state index contributed by atoms with van der Waals surface area (Å²) < 4.78 is 5.13. The highest BCUT2D eigenvalue weighted by Crippen LogP contribution is 2.29. The highest BCUT2D eigenvalue weighted by molar-refractivity contribution is 5.73. The summed E-state index contributed by atoms with van der Waals surface area (Å²) >= 11 is 0. The number of ether oxygens (including phenoxy) is 1. The molecule has 8 nitrogen and oxygen atoms in total. The maximum absolute atomic E-state index is 10.5. The summed E-state index contributed by atoms with van der Waals surface area (Å²) in [7, 11) is 1.54. The van der Waals surface area contributed by atoms with Gasteiger partial charge < -0.3 is 31.5 Å². The van der Waals surface area contributed by atoms with Crippen LogP contribution in [-0.4, -0.2) is 51.8 Å². The normalized spacial score (nSPS) is 17.8. The minimum absolute atomic E-state index is 0.0615. The molecular formula is C23H32N6O2. The summed E-state index contributed by atoms with van der Waals surface area (Å²) in [6.07, 6.45) is 5.97. The molecule has 0 unspecified atom stereocenters. The largest absolute Gasteiger partial charge is 0.507 e. The summed E-state index contributed by atoms with van der Waals surface area (Å²) in [5, 5.41) is 14.1. The molecule has 6 N–H and O–H groups in total. The van der Waals surface area contributed by atoms with Crippen molar-refractivity contribution < 1.29 is 9.84 Å². The van der Waals surface area contributed by atoms with E-state index in [-0.39, 0.29) is 11.3 Å². The molecule has 0 radical (unpaired) electrons. The molecule has 1 aromatic heterocycles. The first-order chi connectivity index (χ1) is 14.7. The van der Waals surface area contributed by atoms with Gasteiger partial charge in [-0.2, -0.15) is 0 Å². The third kappa shape index (κ3) is 5.88. The molecule has 1 aliphatic heterocycles. The summed E-state index contributed by atoms with van der Waals surface area (Å²) in [6.45, 7) is 8.24. The molecule has 1 fully saturated rings. The van der Waals surface area contributed by atoms with Crippen LogP contribution in [0.1, 0.15) is 32.8 Å². The molecule has 1 aliphatic rings. The maximum atomic E-state index is 10.5. The third-order valence-corrected chi connectivity index (χ3v) is 5.08. The number of nitrogens with zero attached hydrogens (tertiary/aromatic N) is 3. The Balaban J connectivity index is 1.71. The lowest BCUT2D eigenvalue weighted by Gasteiger charge is -2.26. The van der Waals surface area contributed by atoms with Gasteiger partial charge in [0.05, 0.1) is 18.6 Å². The van der Waals surface area contributed by atoms with E-state index < -0.39 is 0 Å². The molecule has 0 aliphatic carbocycles. The number of nitrogens with two attached hydrogens (primary N) is 2. The molecule has 1 aromatic carbocycles. The molecule has 1 saturated heterocycles. The molecule has 8 heteroatoms. The molecule has 1 atom stereocenters. The lowest BCUT2D eigenvalue weighted by molar-refractivity contribution is 0.345. The van der Waals surface area contributed by atoms with Gasteiger partial charge in [0.25, 0.3) is 0 Å². The average molecular weight is 425 g/mol. The minimum atomic E-state index is 0.0615. The summed E-state index contributed by atoms with van der Waals surface area (Å²) in [5.41, 5.74) is 14.9. The van der Waals surface area contributed by atoms with E-state index in [1.807, 2.05) is 6.07 Å². The van der Waals surface area contributed by atoms with Crippen LogP contribution in [0, 0.1) is 0 Å². The summed E-state index contributed by atoms with van der Waals surface area (Å²) in [6, 6.07) is 7.33. The highest BCUT2D eigenvalue weighted by atomic mass is 16.5. The molecule has 0 bridgehead atoms. The van der Waals surface area contributed by atoms with Crippen molar-refractivity contribution in [2.24, 2.45) is 11.5 Å². The van der Waals surface area contributed by atoms with Crippen molar-refractivity contribution >= 4 is 5.70 Å². The molecule has 0 saturated carbocycles. The zero-order chi connectivity index (χ0) is 22.6. The Morgan fingerprint density at radius 2 is 2.00 bits per heavy atom. The van der Waals surface area contributed by atoms with Crippen LogP contribution in [0.4, 0.5) is 0 Å². The number of likely N-dealkylation sites (tertiary alicyclic amines) is 1. The quantitative estimate of drug-likeness (QED) is 0.522. The number of rotatable bonds is 6. The van der Waals surface area contributed by atoms with Gasteiger partial charge in [0, 0.05) is 47.6 Å². The number of nitrogens with one attached hydrogen (secondary N) is 1. The number of methoxy groups -OCH3 is 1. The first-order valence-electron chi connectivity index (χ1n) is 10.3. The van der Waals surface area contributed by atoms with E-state index in [4.69, 9.17) is 16.2 Å². The van der Waals surface area contributed by atoms with Gasteiger partial charge in [0.1, 0.15) is 12.1 Å². The van der Waals surface area contributed by atoms with Crippen LogP contribution >= 0.6 is 0 Å². The zero-order valence-corrected chi connectivity index (χ0v) is 18.6. The first-order valence-corrected chi connectivity index (χ1v) is 10.3. The summed E-state index contributed by atoms with van der Waals surface area (Å²) in [5.74, 6) is 1.17. The monoisotopic (exact) mass is 424 g/mol. The molecule has 31 heavy (non-hydrogen) atoms. The van der Waals surface area contributed by atoms with Crippen LogP contribution in [0.2, 0.25) is 0 Å². The number of benzene rings is 1. The molecule has 3 rings (SSSR count). The van der Waals surface area contributed by atoms with Gasteiger partial charge in [-0.1, -0.05) is 6.07 Å². The van der Waals surface area contributed by atoms with Gasteiger partial charge in [-0.3, -0.25) is 0 Å². The second-order valence-corrected chi connectivity index (χ2v) is 8.72. The van der Waals surface area contributed by atoms with Crippen molar-refractivity contribution in [3.8, 4) is 22.9 Å². The van der Waals surface area contributed by atoms with Gasteiger partial charge in [-0.25, -0.2) is 9.97 Å². The molecule has 2 heterocycles. The van der Waals surface area contributed by atoms with Crippen LogP contribution in [0.15, 0.2) is 48.6 Å². The van der Waals surface area contributed by atoms with Crippen LogP contribution in [0.3, 0.4) is 0 Å². The second kappa shape index (κ2) is 9.26. The Bertz CT molecular complexity index is 980. The Morgan fingerprint density at radius 1 is 1.23 bits per heavy atom. The van der Waals surface area contributed by atoms with Crippen molar-refractivity contribution in [1.29, 1.82) is 0 Å². The summed E-state index contributed by atoms with van der Waals surface area (Å²) in [4.78, 5) is 10.4. The topological polar surface area (TPSA) is 123 Å². The number of phenols is 1. The van der Waals surface area contributed by atoms with E-state index in [0.29, 0.717) is 34.7 Å². The molecule has 0 amide bonds. The Labute approximate surface area is 183 Å². The molecular weight excluding hydrogens is 392 g/mol. The minimum Gasteiger partial charge on any atom is -0.507 e. The van der Waals surface area contributed by atoms with Gasteiger partial charge >= 0.3 is 0 Å². The Kier molecular flexibility index (Phi) is 6.70. The van der Waals surface area contributed by atoms with E-state index in [2.05, 4.69) is 41.0 Å². The second-order valence-electron chi connectivity index (χ2n) is 8.72. The number of phenolic OH excluding ortho intramolecular Hbond substituents is 1. The van der Waals surface area contributed by atoms with Crippen LogP contribution in [0.5, 0.6) is 11.6 Å². The maximum Gasteiger partial charge on any atom is 0.216 e. The standard InChI is InChI=1S/C23H32N6O2/c1-23(2,3)28-16-9-10-29(13-16)21(25)8-7-18(24)17-6-5-15(11-20(17)30)19-12-22(31-4)27-14-26-19/h5-8,11-12,14,16,28,30H,9-10,13,24-25H2,1-4H3/b18-7-,21-8+/t16-/m0/s1. The number of hydrogen-bond donors (Lipinski definition) is 4. The van der Waals surface area contributed by atoms with E-state index >= 15 is 0 Å². The van der Waals surface area contributed by atoms with E-state index in [1.54, 1.807) is 37.5 Å². The van der Waals surface area contributed by atoms with Crippen LogP contribution in [0.25, 0.3) is 17.0 Å². The first kappa shape index (κ1) is 22.4. The van der Waals surface area contributed by atoms with Gasteiger partial charge in [0.15, 0.2) is 0 Å². The van der Waals surface area contributed by atoms with E-state index in [0.717, 1.165) is 25.1 Å². The number of aromatic hydroxyl groups is 1. The van der Waals surface area contributed by atoms with Crippen LogP contribution in [-0.2, 0) is 0 Å². The van der Waals surface area contributed by atoms with Gasteiger partial charge in [-0.15, -0.1) is 0 Å². The lowest BCUT2D eigenvalue weighted by Crippen LogP contribution is -2.45. The predicted octanol–water partition coefficient (Wildman–Crippen LogP) is 2.42. The van der Waals surface area contributed by atoms with Crippen molar-refractivity contribution in [3.05, 3.63) is 54.1 Å². The Hall–Kier alpha value is -3.26. The van der Waals surface area contributed by atoms with Crippen molar-refractivity contribution in [1.82, 2.24) is 20.2 Å². The fraction of sp³-hybridized carbons (Fsp3) is 0.391. The number of hydrogen-bond acceptors (Lipinski definition) is 8. The molecule has 166 valence electrons. The number of allylic oxidation sites excluding steroid dienone is 2.